The Hall–Kier alpha value is -1.58. The zero-order chi connectivity index (χ0) is 14.6. The molecule has 1 N–H and O–H groups in total. The number of hydrogen-bond acceptors (Lipinski definition) is 5. The molecule has 0 spiro atoms. The molecule has 5 nitrogen and oxygen atoms in total. The molecular formula is C14H19N3O2S. The van der Waals surface area contributed by atoms with E-state index in [1.165, 1.54) is 0 Å². The Morgan fingerprint density at radius 1 is 1.35 bits per heavy atom. The molecule has 0 unspecified atom stereocenters. The summed E-state index contributed by atoms with van der Waals surface area (Å²) in [5, 5.41) is 12.5. The van der Waals surface area contributed by atoms with Crippen molar-refractivity contribution in [1.82, 2.24) is 5.32 Å². The largest absolute Gasteiger partial charge is 0.368 e. The molecule has 0 aromatic heterocycles. The summed E-state index contributed by atoms with van der Waals surface area (Å²) >= 11 is 0. The highest BCUT2D eigenvalue weighted by Gasteiger charge is 2.23. The van der Waals surface area contributed by atoms with Crippen LogP contribution in [0.2, 0.25) is 0 Å². The molecule has 1 aliphatic heterocycles. The lowest BCUT2D eigenvalue weighted by Crippen LogP contribution is -2.40. The Kier molecular flexibility index (Phi) is 4.63. The van der Waals surface area contributed by atoms with Crippen molar-refractivity contribution < 1.29 is 8.42 Å². The minimum absolute atomic E-state index is 0.164. The fourth-order valence-electron chi connectivity index (χ4n) is 2.28. The Morgan fingerprint density at radius 3 is 2.65 bits per heavy atom. The van der Waals surface area contributed by atoms with E-state index in [2.05, 4.69) is 11.4 Å². The van der Waals surface area contributed by atoms with Gasteiger partial charge in [0.05, 0.1) is 22.8 Å². The molecule has 1 heterocycles. The lowest BCUT2D eigenvalue weighted by Gasteiger charge is -2.29. The summed E-state index contributed by atoms with van der Waals surface area (Å²) in [6.07, 6.45) is 0. The summed E-state index contributed by atoms with van der Waals surface area (Å²) in [6, 6.07) is 8.00. The van der Waals surface area contributed by atoms with Crippen LogP contribution in [0, 0.1) is 11.3 Å². The van der Waals surface area contributed by atoms with Gasteiger partial charge in [0.2, 0.25) is 0 Å². The van der Waals surface area contributed by atoms with Crippen LogP contribution in [0.15, 0.2) is 18.2 Å². The predicted octanol–water partition coefficient (Wildman–Crippen LogP) is 0.903. The minimum atomic E-state index is -2.90. The van der Waals surface area contributed by atoms with Crippen molar-refractivity contribution in [1.29, 1.82) is 5.26 Å². The standard InChI is InChI=1S/C14H19N3O2S/c1-2-16-11-12-3-4-14(13(9-12)10-15)17-5-7-20(18,19)8-6-17/h3-4,9,16H,2,5-8,11H2,1H3. The molecular weight excluding hydrogens is 274 g/mol. The fourth-order valence-corrected chi connectivity index (χ4v) is 3.48. The van der Waals surface area contributed by atoms with Gasteiger partial charge in [-0.3, -0.25) is 0 Å². The van der Waals surface area contributed by atoms with Crippen LogP contribution in [-0.4, -0.2) is 39.6 Å². The van der Waals surface area contributed by atoms with E-state index in [4.69, 9.17) is 0 Å². The van der Waals surface area contributed by atoms with E-state index in [1.54, 1.807) is 0 Å². The van der Waals surface area contributed by atoms with Crippen LogP contribution in [0.5, 0.6) is 0 Å². The molecule has 0 saturated carbocycles. The van der Waals surface area contributed by atoms with Gasteiger partial charge < -0.3 is 10.2 Å². The number of nitriles is 1. The highest BCUT2D eigenvalue weighted by Crippen LogP contribution is 2.23. The first kappa shape index (κ1) is 14.8. The van der Waals surface area contributed by atoms with Crippen molar-refractivity contribution in [3.05, 3.63) is 29.3 Å². The van der Waals surface area contributed by atoms with Crippen molar-refractivity contribution in [2.75, 3.05) is 36.0 Å². The third-order valence-electron chi connectivity index (χ3n) is 3.45. The summed E-state index contributed by atoms with van der Waals surface area (Å²) in [6.45, 7) is 4.58. The maximum Gasteiger partial charge on any atom is 0.153 e. The Labute approximate surface area is 120 Å². The van der Waals surface area contributed by atoms with Gasteiger partial charge in [-0.05, 0) is 24.2 Å². The predicted molar refractivity (Wildman–Crippen MR) is 79.4 cm³/mol. The zero-order valence-electron chi connectivity index (χ0n) is 11.6. The average Bonchev–Trinajstić information content (AvgIpc) is 2.45. The molecule has 6 heteroatoms. The van der Waals surface area contributed by atoms with E-state index in [0.29, 0.717) is 18.7 Å². The van der Waals surface area contributed by atoms with Gasteiger partial charge in [0.25, 0.3) is 0 Å². The second kappa shape index (κ2) is 6.25. The normalized spacial score (nSPS) is 17.7. The Balaban J connectivity index is 2.18. The molecule has 108 valence electrons. The SMILES string of the molecule is CCNCc1ccc(N2CCS(=O)(=O)CC2)c(C#N)c1. The number of rotatable bonds is 4. The molecule has 0 amide bonds. The number of hydrogen-bond donors (Lipinski definition) is 1. The summed E-state index contributed by atoms with van der Waals surface area (Å²) in [5.74, 6) is 0.327. The number of benzene rings is 1. The topological polar surface area (TPSA) is 73.2 Å². The summed E-state index contributed by atoms with van der Waals surface area (Å²) in [4.78, 5) is 1.98. The van der Waals surface area contributed by atoms with Gasteiger partial charge in [0, 0.05) is 19.6 Å². The molecule has 0 atom stereocenters. The van der Waals surface area contributed by atoms with Crippen LogP contribution in [0.3, 0.4) is 0 Å². The molecule has 1 fully saturated rings. The molecule has 0 bridgehead atoms. The number of nitrogens with one attached hydrogen (secondary N) is 1. The first-order chi connectivity index (χ1) is 9.55. The quantitative estimate of drug-likeness (QED) is 0.893. The van der Waals surface area contributed by atoms with E-state index >= 15 is 0 Å². The van der Waals surface area contributed by atoms with E-state index in [0.717, 1.165) is 24.3 Å². The third-order valence-corrected chi connectivity index (χ3v) is 5.05. The van der Waals surface area contributed by atoms with Crippen molar-refractivity contribution >= 4 is 15.5 Å². The van der Waals surface area contributed by atoms with Crippen LogP contribution in [0.25, 0.3) is 0 Å². The van der Waals surface area contributed by atoms with Gasteiger partial charge >= 0.3 is 0 Å². The smallest absolute Gasteiger partial charge is 0.153 e. The molecule has 0 radical (unpaired) electrons. The van der Waals surface area contributed by atoms with Gasteiger partial charge in [-0.25, -0.2) is 8.42 Å². The first-order valence-corrected chi connectivity index (χ1v) is 8.57. The maximum atomic E-state index is 11.5. The lowest BCUT2D eigenvalue weighted by molar-refractivity contribution is 0.587. The van der Waals surface area contributed by atoms with Gasteiger partial charge in [-0.1, -0.05) is 13.0 Å². The summed E-state index contributed by atoms with van der Waals surface area (Å²) in [5.41, 5.74) is 2.51. The van der Waals surface area contributed by atoms with Crippen molar-refractivity contribution in [2.24, 2.45) is 0 Å². The molecule has 1 aliphatic rings. The second-order valence-electron chi connectivity index (χ2n) is 4.88. The van der Waals surface area contributed by atoms with Gasteiger partial charge in [0.1, 0.15) is 6.07 Å². The van der Waals surface area contributed by atoms with Gasteiger partial charge in [-0.2, -0.15) is 5.26 Å². The highest BCUT2D eigenvalue weighted by molar-refractivity contribution is 7.91. The summed E-state index contributed by atoms with van der Waals surface area (Å²) < 4.78 is 22.9. The molecule has 2 rings (SSSR count). The van der Waals surface area contributed by atoms with E-state index in [-0.39, 0.29) is 11.5 Å². The summed E-state index contributed by atoms with van der Waals surface area (Å²) in [7, 11) is -2.90. The Bertz CT molecular complexity index is 606. The van der Waals surface area contributed by atoms with Crippen LogP contribution in [0.1, 0.15) is 18.1 Å². The van der Waals surface area contributed by atoms with Crippen LogP contribution < -0.4 is 10.2 Å². The van der Waals surface area contributed by atoms with Crippen LogP contribution in [-0.2, 0) is 16.4 Å². The lowest BCUT2D eigenvalue weighted by atomic mass is 10.1. The van der Waals surface area contributed by atoms with Crippen LogP contribution >= 0.6 is 0 Å². The van der Waals surface area contributed by atoms with E-state index < -0.39 is 9.84 Å². The molecule has 0 aliphatic carbocycles. The van der Waals surface area contributed by atoms with E-state index in [9.17, 15) is 13.7 Å². The monoisotopic (exact) mass is 293 g/mol. The first-order valence-electron chi connectivity index (χ1n) is 6.75. The van der Waals surface area contributed by atoms with Crippen molar-refractivity contribution in [2.45, 2.75) is 13.5 Å². The molecule has 1 saturated heterocycles. The van der Waals surface area contributed by atoms with Crippen molar-refractivity contribution in [3.8, 4) is 6.07 Å². The number of sulfone groups is 1. The minimum Gasteiger partial charge on any atom is -0.368 e. The van der Waals surface area contributed by atoms with Gasteiger partial charge in [0.15, 0.2) is 9.84 Å². The molecule has 20 heavy (non-hydrogen) atoms. The Morgan fingerprint density at radius 2 is 2.05 bits per heavy atom. The highest BCUT2D eigenvalue weighted by atomic mass is 32.2. The maximum absolute atomic E-state index is 11.5. The van der Waals surface area contributed by atoms with Crippen LogP contribution in [0.4, 0.5) is 5.69 Å². The zero-order valence-corrected chi connectivity index (χ0v) is 12.4. The molecule has 1 aromatic carbocycles. The fraction of sp³-hybridized carbons (Fsp3) is 0.500. The number of nitrogens with zero attached hydrogens (tertiary/aromatic N) is 2. The number of anilines is 1. The van der Waals surface area contributed by atoms with E-state index in [1.807, 2.05) is 30.0 Å². The van der Waals surface area contributed by atoms with Crippen molar-refractivity contribution in [3.63, 3.8) is 0 Å². The average molecular weight is 293 g/mol. The second-order valence-corrected chi connectivity index (χ2v) is 7.19. The molecule has 1 aromatic rings. The third kappa shape index (κ3) is 3.50. The van der Waals surface area contributed by atoms with Gasteiger partial charge in [-0.15, -0.1) is 0 Å².